The van der Waals surface area contributed by atoms with Crippen LogP contribution < -0.4 is 53.6 Å². The van der Waals surface area contributed by atoms with E-state index in [1.54, 1.807) is 43.4 Å². The molecule has 2 saturated carbocycles. The number of benzene rings is 6. The second kappa shape index (κ2) is 39.1. The monoisotopic (exact) mass is 1750 g/mol. The number of likely N-dealkylation sites (tertiary alicyclic amines) is 2. The molecule has 12 N–H and O–H groups in total. The Labute approximate surface area is 717 Å². The van der Waals surface area contributed by atoms with Gasteiger partial charge in [-0.15, -0.1) is 0 Å². The molecular formula is C88H93F9N16O13. The fourth-order valence-electron chi connectivity index (χ4n) is 16.2. The van der Waals surface area contributed by atoms with Gasteiger partial charge < -0.3 is 57.9 Å². The van der Waals surface area contributed by atoms with Crippen molar-refractivity contribution in [3.8, 4) is 22.3 Å². The van der Waals surface area contributed by atoms with Crippen LogP contribution >= 0.6 is 0 Å². The van der Waals surface area contributed by atoms with Crippen LogP contribution in [0.25, 0.3) is 44.1 Å². The molecule has 16 rings (SSSR count). The Morgan fingerprint density at radius 2 is 0.921 bits per heavy atom. The predicted octanol–water partition coefficient (Wildman–Crippen LogP) is 11.3. The van der Waals surface area contributed by atoms with E-state index in [1.807, 2.05) is 0 Å². The number of hydrogen-bond acceptors (Lipinski definition) is 21. The summed E-state index contributed by atoms with van der Waals surface area (Å²) in [6.07, 6.45) is 1.42. The molecule has 2 aliphatic carbocycles. The standard InChI is InChI=1S/C43H42F4N8O6.C22H17F4N3O3.C21H27N5O4.CH3F.CH4/c1-48-37-28-19-27(30(43(45,46)47)20-33(28)50-21-29(37)39(58)52-23-7-8-23)22-6-9-25(31(44)18-22)38(57)49-14-3-15-54-16-12-24(13-17-54)51-32-5-2-4-26-36(32)42(61)55(41(26)60)34-10-11-35(56)53-40(34)59;1-27-19-14-7-13(10-2-5-12(21(31)32)17(23)6-10)16(22(24,25)26)8-18(14)28-9-15(19)20(30)29-11-3-4-11;22-9-2-10-25-11-7-13(8-12-25)23-15-4-1-3-14-18(15)21(30)26(20(14)29)16-5-6-17(27)24-19(16)28;1-2;/h2,4-6,9,18-21,23-24,34,51H,3,7-8,10-17H2,1H3,(H,48,50)(H,49,57)(H,52,58)(H,53,56,59);2,5-9,11H,3-4H2,1H3,(H,27,28)(H,29,30)(H,31,32);1,3-4,13,16,23H,2,5-12,22H2,(H,24,27,28);1H3;1H4/i;;;1D;. The van der Waals surface area contributed by atoms with Gasteiger partial charge in [-0.25, -0.2) is 13.6 Å². The number of alkyl halides is 7. The molecular weight excluding hydrogens is 1660 g/mol. The molecule has 6 aromatic carbocycles. The zero-order valence-electron chi connectivity index (χ0n) is 68.6. The Morgan fingerprint density at radius 3 is 1.29 bits per heavy atom. The van der Waals surface area contributed by atoms with Crippen LogP contribution in [-0.4, -0.2) is 215 Å². The van der Waals surface area contributed by atoms with Crippen molar-refractivity contribution in [2.45, 2.75) is 146 Å². The summed E-state index contributed by atoms with van der Waals surface area (Å²) in [5.41, 5.74) is 4.57. The number of carboxylic acid groups (broad SMARTS) is 1. The number of piperidine rings is 4. The van der Waals surface area contributed by atoms with Gasteiger partial charge in [-0.05, 0) is 192 Å². The van der Waals surface area contributed by atoms with Gasteiger partial charge in [0.05, 0.1) is 86.6 Å². The number of amides is 11. The summed E-state index contributed by atoms with van der Waals surface area (Å²) in [6.45, 7) is 5.84. The van der Waals surface area contributed by atoms with E-state index < -0.39 is 125 Å². The average Bonchev–Trinajstić information content (AvgIpc) is 1.74. The van der Waals surface area contributed by atoms with Gasteiger partial charge in [0.2, 0.25) is 23.6 Å². The number of fused-ring (bicyclic) bond motifs is 4. The van der Waals surface area contributed by atoms with Gasteiger partial charge >= 0.3 is 18.3 Å². The minimum atomic E-state index is -4.82. The van der Waals surface area contributed by atoms with Crippen molar-refractivity contribution in [1.29, 1.82) is 0 Å². The predicted molar refractivity (Wildman–Crippen MR) is 448 cm³/mol. The van der Waals surface area contributed by atoms with Gasteiger partial charge in [-0.1, -0.05) is 31.7 Å². The summed E-state index contributed by atoms with van der Waals surface area (Å²) in [4.78, 5) is 165. The lowest BCUT2D eigenvalue weighted by Gasteiger charge is -2.33. The number of carboxylic acids is 1. The molecule has 2 unspecified atom stereocenters. The number of carbonyl (C=O) groups is 12. The number of imide groups is 4. The molecule has 4 saturated heterocycles. The van der Waals surface area contributed by atoms with Crippen LogP contribution in [0.3, 0.4) is 0 Å². The summed E-state index contributed by atoms with van der Waals surface area (Å²) < 4.78 is 130. The first-order valence-corrected chi connectivity index (χ1v) is 40.6. The molecule has 0 radical (unpaired) electrons. The molecule has 29 nitrogen and oxygen atoms in total. The highest BCUT2D eigenvalue weighted by Gasteiger charge is 2.49. The maximum absolute atomic E-state index is 15.5. The van der Waals surface area contributed by atoms with Crippen LogP contribution in [0.5, 0.6) is 0 Å². The average molecular weight is 1750 g/mol. The number of carbonyl (C=O) groups excluding carboxylic acids is 11. The third-order valence-corrected chi connectivity index (χ3v) is 22.9. The normalized spacial score (nSPS) is 18.1. The van der Waals surface area contributed by atoms with Crippen molar-refractivity contribution >= 4 is 116 Å². The summed E-state index contributed by atoms with van der Waals surface area (Å²) in [5.74, 6) is -9.43. The Kier molecular flexibility index (Phi) is 28.1. The summed E-state index contributed by atoms with van der Waals surface area (Å²) in [6, 6.07) is 18.6. The molecule has 6 aliphatic heterocycles. The molecule has 126 heavy (non-hydrogen) atoms. The minimum absolute atomic E-state index is 0. The van der Waals surface area contributed by atoms with Gasteiger partial charge in [0.15, 0.2) is 0 Å². The highest BCUT2D eigenvalue weighted by atomic mass is 19.4. The number of hydrogen-bond donors (Lipinski definition) is 11. The molecule has 38 heteroatoms. The number of pyridine rings is 2. The fourth-order valence-corrected chi connectivity index (χ4v) is 16.2. The summed E-state index contributed by atoms with van der Waals surface area (Å²) >= 11 is 0. The molecule has 0 bridgehead atoms. The first kappa shape index (κ1) is 90.7. The first-order valence-electron chi connectivity index (χ1n) is 41.3. The number of aromatic nitrogens is 2. The van der Waals surface area contributed by atoms with E-state index in [0.29, 0.717) is 67.9 Å². The van der Waals surface area contributed by atoms with Gasteiger partial charge in [0.1, 0.15) is 23.7 Å². The molecule has 11 amide bonds. The second-order valence-corrected chi connectivity index (χ2v) is 31.2. The van der Waals surface area contributed by atoms with Crippen molar-refractivity contribution in [1.82, 2.24) is 56.2 Å². The Morgan fingerprint density at radius 1 is 0.516 bits per heavy atom. The molecule has 6 fully saturated rings. The van der Waals surface area contributed by atoms with Crippen LogP contribution in [0, 0.1) is 11.6 Å². The quantitative estimate of drug-likeness (QED) is 0.0161. The van der Waals surface area contributed by atoms with Crippen LogP contribution in [-0.2, 0) is 31.5 Å². The highest BCUT2D eigenvalue weighted by molar-refractivity contribution is 6.27. The van der Waals surface area contributed by atoms with Crippen LogP contribution in [0.2, 0.25) is 0 Å². The molecule has 666 valence electrons. The largest absolute Gasteiger partial charge is 0.478 e. The number of aromatic carboxylic acids is 1. The van der Waals surface area contributed by atoms with E-state index in [2.05, 4.69) is 67.6 Å². The van der Waals surface area contributed by atoms with Crippen molar-refractivity contribution in [2.75, 3.05) is 94.9 Å². The minimum Gasteiger partial charge on any atom is -0.478 e. The molecule has 8 aromatic rings. The maximum atomic E-state index is 15.5. The zero-order valence-corrected chi connectivity index (χ0v) is 67.6. The van der Waals surface area contributed by atoms with Gasteiger partial charge in [0, 0.05) is 118 Å². The number of rotatable bonds is 23. The zero-order chi connectivity index (χ0) is 90.3. The van der Waals surface area contributed by atoms with E-state index in [0.717, 1.165) is 117 Å². The molecule has 8 heterocycles. The SMILES string of the molecule is C.CNc1c(C(=O)NC2CC2)cnc2cc(C(F)(F)F)c(-c3ccc(C(=O)NCCCN4CCC(Nc5cccc6c5C(=O)N(C5CCC(=O)NC5=O)C6=O)CC4)c(F)c3)cc12.CNc1c(C(=O)NC2CC2)cnc2cc(C(F)(F)F)c(-c3ccc(C(=O)O)c(F)c3)cc12.NCCCN1CCC(Nc2cccc3c2C(=O)N(C2CCC(=O)NC2=O)C3=O)CC1.[2H]CF. The molecule has 8 aliphatic rings. The number of halogens is 9. The van der Waals surface area contributed by atoms with Crippen LogP contribution in [0.15, 0.2) is 109 Å². The smallest absolute Gasteiger partial charge is 0.417 e. The number of nitrogens with zero attached hydrogens (tertiary/aromatic N) is 6. The summed E-state index contributed by atoms with van der Waals surface area (Å²) in [7, 11) is 2.07. The van der Waals surface area contributed by atoms with E-state index in [9.17, 15) is 92.7 Å². The van der Waals surface area contributed by atoms with Crippen LogP contribution in [0.4, 0.5) is 62.3 Å². The van der Waals surface area contributed by atoms with E-state index >= 15 is 4.39 Å². The lowest BCUT2D eigenvalue weighted by molar-refractivity contribution is -0.137. The highest BCUT2D eigenvalue weighted by Crippen LogP contribution is 2.45. The maximum Gasteiger partial charge on any atom is 0.417 e. The van der Waals surface area contributed by atoms with Gasteiger partial charge in [0.25, 0.3) is 41.4 Å². The Balaban J connectivity index is 0.000000186. The van der Waals surface area contributed by atoms with Crippen LogP contribution in [0.1, 0.15) is 193 Å². The molecule has 0 spiro atoms. The molecule has 2 atom stereocenters. The topological polar surface area (TPSA) is 398 Å². The van der Waals surface area contributed by atoms with Crippen molar-refractivity contribution in [3.63, 3.8) is 0 Å². The van der Waals surface area contributed by atoms with E-state index in [4.69, 9.17) is 12.2 Å². The van der Waals surface area contributed by atoms with Gasteiger partial charge in [-0.3, -0.25) is 87.5 Å². The summed E-state index contributed by atoms with van der Waals surface area (Å²) in [5, 5.41) is 34.9. The van der Waals surface area contributed by atoms with Crippen molar-refractivity contribution in [3.05, 3.63) is 177 Å². The van der Waals surface area contributed by atoms with Crippen molar-refractivity contribution < 1.29 is 104 Å². The molecule has 2 aromatic heterocycles. The number of anilines is 4. The van der Waals surface area contributed by atoms with E-state index in [-0.39, 0.29) is 153 Å². The second-order valence-electron chi connectivity index (χ2n) is 31.2. The van der Waals surface area contributed by atoms with Crippen molar-refractivity contribution in [2.24, 2.45) is 5.73 Å². The third kappa shape index (κ3) is 20.2. The number of nitrogens with two attached hydrogens (primary N) is 1. The lowest BCUT2D eigenvalue weighted by atomic mass is 9.94. The first-order chi connectivity index (χ1) is 60.2. The fraction of sp³-hybridized carbons (Fsp3) is 0.386. The van der Waals surface area contributed by atoms with Gasteiger partial charge in [-0.2, -0.15) is 26.3 Å². The lowest BCUT2D eigenvalue weighted by Crippen LogP contribution is -2.54. The third-order valence-electron chi connectivity index (χ3n) is 22.9. The van der Waals surface area contributed by atoms with E-state index in [1.165, 1.54) is 37.6 Å². The number of nitrogens with one attached hydrogen (secondary N) is 9. The Hall–Kier alpha value is -13.0. The Bertz CT molecular complexity index is 5660.